The maximum atomic E-state index is 2.53. The summed E-state index contributed by atoms with van der Waals surface area (Å²) in [4.78, 5) is 2.53. The molecule has 0 aliphatic heterocycles. The van der Waals surface area contributed by atoms with Crippen molar-refractivity contribution in [2.45, 2.75) is 0 Å². The van der Waals surface area contributed by atoms with E-state index in [0.717, 1.165) is 45.0 Å². The molecule has 13 rings (SSSR count). The van der Waals surface area contributed by atoms with Gasteiger partial charge in [-0.25, -0.2) is 0 Å². The van der Waals surface area contributed by atoms with Crippen molar-refractivity contribution in [3.8, 4) is 50.2 Å². The summed E-state index contributed by atoms with van der Waals surface area (Å²) in [5.41, 5.74) is 16.1. The number of para-hydroxylation sites is 3. The molecule has 1 aromatic heterocycles. The van der Waals surface area contributed by atoms with Crippen LogP contribution in [0.2, 0.25) is 0 Å². The lowest BCUT2D eigenvalue weighted by Crippen LogP contribution is -2.13. The fourth-order valence-corrected chi connectivity index (χ4v) is 10.7. The third-order valence-electron chi connectivity index (χ3n) is 13.8. The standard InChI is InChI=1S/C66H44N2/c1-2-19-45(20-3-1)48-39-41-66(61(44-48)49-25-16-26-50(43-49)67-62-36-13-11-32-59(62)60-33-12-14-37-63(60)67)68(64-38-15-10-31-57(64)54-35-18-24-47-22-5-7-28-52(47)54)65-42-40-56(55-29-8-9-30-58(55)65)53-34-17-23-46-21-4-6-27-51(46)53/h1-44H. The van der Waals surface area contributed by atoms with Crippen molar-refractivity contribution in [2.75, 3.05) is 4.90 Å². The van der Waals surface area contributed by atoms with E-state index >= 15 is 0 Å². The molecule has 0 spiro atoms. The summed E-state index contributed by atoms with van der Waals surface area (Å²) >= 11 is 0. The molecule has 0 N–H and O–H groups in total. The highest BCUT2D eigenvalue weighted by atomic mass is 15.1. The van der Waals surface area contributed by atoms with E-state index in [1.165, 1.54) is 76.4 Å². The minimum atomic E-state index is 1.08. The zero-order valence-electron chi connectivity index (χ0n) is 37.3. The number of fused-ring (bicyclic) bond motifs is 6. The number of anilines is 3. The first-order valence-corrected chi connectivity index (χ1v) is 23.4. The average Bonchev–Trinajstić information content (AvgIpc) is 3.76. The van der Waals surface area contributed by atoms with Crippen LogP contribution < -0.4 is 4.90 Å². The van der Waals surface area contributed by atoms with Crippen molar-refractivity contribution in [3.05, 3.63) is 267 Å². The van der Waals surface area contributed by atoms with Gasteiger partial charge in [0.25, 0.3) is 0 Å². The molecule has 0 saturated carbocycles. The molecule has 13 aromatic rings. The lowest BCUT2D eigenvalue weighted by atomic mass is 9.91. The first-order chi connectivity index (χ1) is 33.8. The molecule has 0 fully saturated rings. The predicted octanol–water partition coefficient (Wildman–Crippen LogP) is 18.4. The van der Waals surface area contributed by atoms with Crippen LogP contribution in [0.3, 0.4) is 0 Å². The van der Waals surface area contributed by atoms with E-state index in [9.17, 15) is 0 Å². The Kier molecular flexibility index (Phi) is 9.54. The van der Waals surface area contributed by atoms with Crippen molar-refractivity contribution in [2.24, 2.45) is 0 Å². The van der Waals surface area contributed by atoms with E-state index in [1.807, 2.05) is 0 Å². The number of aromatic nitrogens is 1. The first-order valence-electron chi connectivity index (χ1n) is 23.4. The van der Waals surface area contributed by atoms with E-state index < -0.39 is 0 Å². The van der Waals surface area contributed by atoms with E-state index in [-0.39, 0.29) is 0 Å². The Balaban J connectivity index is 1.11. The topological polar surface area (TPSA) is 8.17 Å². The van der Waals surface area contributed by atoms with Crippen LogP contribution in [0.4, 0.5) is 17.1 Å². The van der Waals surface area contributed by atoms with Crippen LogP contribution in [0, 0.1) is 0 Å². The number of benzene rings is 12. The van der Waals surface area contributed by atoms with Gasteiger partial charge in [0.2, 0.25) is 0 Å². The Bertz CT molecular complexity index is 3980. The van der Waals surface area contributed by atoms with Gasteiger partial charge < -0.3 is 9.47 Å². The van der Waals surface area contributed by atoms with Crippen LogP contribution in [-0.4, -0.2) is 4.57 Å². The van der Waals surface area contributed by atoms with Crippen molar-refractivity contribution < 1.29 is 0 Å². The fraction of sp³-hybridized carbons (Fsp3) is 0. The molecule has 2 heteroatoms. The van der Waals surface area contributed by atoms with Crippen LogP contribution in [0.15, 0.2) is 267 Å². The van der Waals surface area contributed by atoms with Gasteiger partial charge >= 0.3 is 0 Å². The van der Waals surface area contributed by atoms with Crippen LogP contribution in [-0.2, 0) is 0 Å². The van der Waals surface area contributed by atoms with Gasteiger partial charge in [0.05, 0.1) is 28.1 Å². The van der Waals surface area contributed by atoms with Crippen LogP contribution >= 0.6 is 0 Å². The number of rotatable bonds is 8. The molecule has 68 heavy (non-hydrogen) atoms. The normalized spacial score (nSPS) is 11.5. The van der Waals surface area contributed by atoms with Gasteiger partial charge in [-0.3, -0.25) is 0 Å². The average molecular weight is 865 g/mol. The van der Waals surface area contributed by atoms with E-state index in [0.29, 0.717) is 0 Å². The van der Waals surface area contributed by atoms with Crippen LogP contribution in [0.5, 0.6) is 0 Å². The first kappa shape index (κ1) is 39.4. The van der Waals surface area contributed by atoms with Gasteiger partial charge in [0.15, 0.2) is 0 Å². The lowest BCUT2D eigenvalue weighted by molar-refractivity contribution is 1.18. The molecular formula is C66H44N2. The minimum absolute atomic E-state index is 1.08. The molecule has 0 bridgehead atoms. The zero-order chi connectivity index (χ0) is 45.0. The number of hydrogen-bond donors (Lipinski definition) is 0. The zero-order valence-corrected chi connectivity index (χ0v) is 37.3. The molecular weight excluding hydrogens is 821 g/mol. The smallest absolute Gasteiger partial charge is 0.0541 e. The van der Waals surface area contributed by atoms with E-state index in [1.54, 1.807) is 0 Å². The summed E-state index contributed by atoms with van der Waals surface area (Å²) in [6, 6.07) is 97.8. The third-order valence-corrected chi connectivity index (χ3v) is 13.8. The Hall–Kier alpha value is -8.98. The number of hydrogen-bond acceptors (Lipinski definition) is 1. The highest BCUT2D eigenvalue weighted by Crippen LogP contribution is 2.50. The predicted molar refractivity (Wildman–Crippen MR) is 290 cm³/mol. The SMILES string of the molecule is c1ccc(-c2ccc(N(c3ccccc3-c3cccc4ccccc34)c3ccc(-c4cccc5ccccc45)c4ccccc34)c(-c3cccc(-n4c5ccccc5c5ccccc54)c3)c2)cc1. The van der Waals surface area contributed by atoms with Gasteiger partial charge in [-0.15, -0.1) is 0 Å². The maximum Gasteiger partial charge on any atom is 0.0541 e. The Morgan fingerprint density at radius 1 is 0.235 bits per heavy atom. The molecule has 318 valence electrons. The second-order valence-corrected chi connectivity index (χ2v) is 17.6. The van der Waals surface area contributed by atoms with Crippen molar-refractivity contribution >= 4 is 71.2 Å². The monoisotopic (exact) mass is 864 g/mol. The summed E-state index contributed by atoms with van der Waals surface area (Å²) < 4.78 is 2.42. The third kappa shape index (κ3) is 6.57. The second-order valence-electron chi connectivity index (χ2n) is 17.6. The van der Waals surface area contributed by atoms with Gasteiger partial charge in [-0.05, 0) is 109 Å². The quantitative estimate of drug-likeness (QED) is 0.148. The van der Waals surface area contributed by atoms with Gasteiger partial charge in [-0.2, -0.15) is 0 Å². The minimum Gasteiger partial charge on any atom is -0.309 e. The van der Waals surface area contributed by atoms with E-state index in [2.05, 4.69) is 276 Å². The Labute approximate surface area is 395 Å². The molecule has 0 aliphatic carbocycles. The summed E-state index contributed by atoms with van der Waals surface area (Å²) in [6.45, 7) is 0. The van der Waals surface area contributed by atoms with Gasteiger partial charge in [0.1, 0.15) is 0 Å². The van der Waals surface area contributed by atoms with Crippen LogP contribution in [0.1, 0.15) is 0 Å². The summed E-state index contributed by atoms with van der Waals surface area (Å²) in [6.07, 6.45) is 0. The highest BCUT2D eigenvalue weighted by molar-refractivity contribution is 6.13. The molecule has 0 unspecified atom stereocenters. The van der Waals surface area contributed by atoms with Crippen LogP contribution in [0.25, 0.3) is 104 Å². The molecule has 1 heterocycles. The van der Waals surface area contributed by atoms with E-state index in [4.69, 9.17) is 0 Å². The van der Waals surface area contributed by atoms with Crippen molar-refractivity contribution in [1.29, 1.82) is 0 Å². The molecule has 0 aliphatic rings. The Morgan fingerprint density at radius 3 is 1.41 bits per heavy atom. The fourth-order valence-electron chi connectivity index (χ4n) is 10.7. The lowest BCUT2D eigenvalue weighted by Gasteiger charge is -2.32. The molecule has 0 saturated heterocycles. The highest BCUT2D eigenvalue weighted by Gasteiger charge is 2.25. The van der Waals surface area contributed by atoms with Gasteiger partial charge in [0, 0.05) is 33.0 Å². The van der Waals surface area contributed by atoms with Crippen molar-refractivity contribution in [1.82, 2.24) is 4.57 Å². The summed E-state index contributed by atoms with van der Waals surface area (Å²) in [5, 5.41) is 9.77. The molecule has 12 aromatic carbocycles. The molecule has 2 nitrogen and oxygen atoms in total. The molecule has 0 radical (unpaired) electrons. The van der Waals surface area contributed by atoms with Crippen molar-refractivity contribution in [3.63, 3.8) is 0 Å². The molecule has 0 amide bonds. The maximum absolute atomic E-state index is 2.53. The summed E-state index contributed by atoms with van der Waals surface area (Å²) in [5.74, 6) is 0. The van der Waals surface area contributed by atoms with Gasteiger partial charge in [-0.1, -0.05) is 218 Å². The number of nitrogens with zero attached hydrogens (tertiary/aromatic N) is 2. The molecule has 0 atom stereocenters. The largest absolute Gasteiger partial charge is 0.309 e. The second kappa shape index (κ2) is 16.5. The summed E-state index contributed by atoms with van der Waals surface area (Å²) in [7, 11) is 0. The Morgan fingerprint density at radius 2 is 0.706 bits per heavy atom.